The molecule has 2 amide bonds. The van der Waals surface area contributed by atoms with Crippen molar-refractivity contribution in [3.8, 4) is 0 Å². The van der Waals surface area contributed by atoms with Crippen molar-refractivity contribution in [3.63, 3.8) is 0 Å². The summed E-state index contributed by atoms with van der Waals surface area (Å²) in [4.78, 5) is 33.2. The molecule has 1 aromatic carbocycles. The van der Waals surface area contributed by atoms with Crippen LogP contribution in [0.25, 0.3) is 0 Å². The fraction of sp³-hybridized carbons (Fsp3) is 0.536. The Balaban J connectivity index is 1.32. The van der Waals surface area contributed by atoms with Crippen LogP contribution < -0.4 is 5.73 Å². The molecule has 0 saturated carbocycles. The minimum Gasteiger partial charge on any atom is -0.378 e. The molecule has 1 aromatic heterocycles. The van der Waals surface area contributed by atoms with Crippen molar-refractivity contribution in [1.82, 2.24) is 14.8 Å². The second kappa shape index (κ2) is 11.5. The number of aryl methyl sites for hydroxylation is 2. The Morgan fingerprint density at radius 1 is 1.05 bits per heavy atom. The highest BCUT2D eigenvalue weighted by atomic mass is 79.9. The van der Waals surface area contributed by atoms with Gasteiger partial charge in [0.05, 0.1) is 12.2 Å². The van der Waals surface area contributed by atoms with Gasteiger partial charge in [-0.25, -0.2) is 0 Å². The van der Waals surface area contributed by atoms with Gasteiger partial charge < -0.3 is 15.7 Å². The first kappa shape index (κ1) is 28.0. The van der Waals surface area contributed by atoms with Gasteiger partial charge in [0.1, 0.15) is 5.60 Å². The number of rotatable bonds is 5. The summed E-state index contributed by atoms with van der Waals surface area (Å²) in [6, 6.07) is 5.87. The predicted octanol–water partition coefficient (Wildman–Crippen LogP) is 4.42. The number of nitrogens with zero attached hydrogens (tertiary/aromatic N) is 3. The molecule has 7 nitrogen and oxygen atoms in total. The van der Waals surface area contributed by atoms with Crippen molar-refractivity contribution >= 4 is 55.3 Å². The Morgan fingerprint density at radius 3 is 2.42 bits per heavy atom. The molecule has 5 rings (SSSR count). The molecule has 1 unspecified atom stereocenters. The van der Waals surface area contributed by atoms with Crippen LogP contribution in [0.5, 0.6) is 0 Å². The van der Waals surface area contributed by atoms with E-state index in [0.29, 0.717) is 49.0 Å². The maximum absolute atomic E-state index is 13.2. The van der Waals surface area contributed by atoms with E-state index in [9.17, 15) is 14.7 Å². The smallest absolute Gasteiger partial charge is 0.231 e. The number of amides is 2. The van der Waals surface area contributed by atoms with Crippen molar-refractivity contribution in [3.05, 3.63) is 60.7 Å². The molecular weight excluding hydrogens is 636 g/mol. The first-order valence-electron chi connectivity index (χ1n) is 13.3. The molecule has 3 heterocycles. The molecule has 0 radical (unpaired) electrons. The van der Waals surface area contributed by atoms with Gasteiger partial charge in [-0.15, -0.1) is 0 Å². The Bertz CT molecular complexity index is 1230. The predicted molar refractivity (Wildman–Crippen MR) is 154 cm³/mol. The number of carbonyl (C=O) groups is 2. The molecular formula is C28H33Br2ClN4O3. The Kier molecular flexibility index (Phi) is 8.50. The molecule has 1 aliphatic carbocycles. The highest BCUT2D eigenvalue weighted by Crippen LogP contribution is 2.49. The zero-order valence-corrected chi connectivity index (χ0v) is 25.2. The standard InChI is InChI=1S/C28H33Br2ClN4O3/c29-21-12-19-2-1-18-13-22(31)14-23(30)26(18)28(38,27(19)33-15-21)20-5-9-35(10-6-20)25(37)11-17-3-7-34(8-4-17)16-24(32)36/h12-15,17,20,38H,1-11,16H2,(H2,32,36). The highest BCUT2D eigenvalue weighted by Gasteiger charge is 2.48. The maximum Gasteiger partial charge on any atom is 0.231 e. The number of hydrogen-bond acceptors (Lipinski definition) is 5. The first-order valence-corrected chi connectivity index (χ1v) is 15.3. The van der Waals surface area contributed by atoms with Crippen molar-refractivity contribution < 1.29 is 14.7 Å². The van der Waals surface area contributed by atoms with E-state index in [0.717, 1.165) is 64.4 Å². The molecule has 3 N–H and O–H groups in total. The number of benzene rings is 1. The summed E-state index contributed by atoms with van der Waals surface area (Å²) in [5.74, 6) is 0.115. The topological polar surface area (TPSA) is 99.8 Å². The number of primary amides is 1. The van der Waals surface area contributed by atoms with Gasteiger partial charge in [-0.2, -0.15) is 0 Å². The van der Waals surface area contributed by atoms with Gasteiger partial charge in [0, 0.05) is 51.2 Å². The lowest BCUT2D eigenvalue weighted by Gasteiger charge is -2.43. The van der Waals surface area contributed by atoms with E-state index in [1.165, 1.54) is 0 Å². The number of hydrogen-bond donors (Lipinski definition) is 2. The molecule has 0 bridgehead atoms. The lowest BCUT2D eigenvalue weighted by atomic mass is 9.72. The average molecular weight is 669 g/mol. The van der Waals surface area contributed by atoms with E-state index in [-0.39, 0.29) is 24.3 Å². The molecule has 204 valence electrons. The van der Waals surface area contributed by atoms with Crippen LogP contribution in [-0.4, -0.2) is 64.4 Å². The van der Waals surface area contributed by atoms with Gasteiger partial charge in [0.2, 0.25) is 11.8 Å². The minimum atomic E-state index is -1.28. The van der Waals surface area contributed by atoms with E-state index in [2.05, 4.69) is 42.8 Å². The van der Waals surface area contributed by atoms with Crippen molar-refractivity contribution in [2.45, 2.75) is 50.5 Å². The summed E-state index contributed by atoms with van der Waals surface area (Å²) in [5, 5.41) is 13.3. The Hall–Kier alpha value is -1.52. The van der Waals surface area contributed by atoms with Gasteiger partial charge in [0.25, 0.3) is 0 Å². The zero-order valence-electron chi connectivity index (χ0n) is 21.3. The second-order valence-corrected chi connectivity index (χ2v) is 13.1. The van der Waals surface area contributed by atoms with Gasteiger partial charge in [-0.1, -0.05) is 27.5 Å². The van der Waals surface area contributed by atoms with Crippen molar-refractivity contribution in [2.75, 3.05) is 32.7 Å². The summed E-state index contributed by atoms with van der Waals surface area (Å²) >= 11 is 13.7. The number of piperidine rings is 2. The summed E-state index contributed by atoms with van der Waals surface area (Å²) in [6.45, 7) is 3.11. The van der Waals surface area contributed by atoms with Crippen LogP contribution in [0.2, 0.25) is 5.02 Å². The second-order valence-electron chi connectivity index (χ2n) is 10.9. The van der Waals surface area contributed by atoms with Crippen LogP contribution in [0.3, 0.4) is 0 Å². The molecule has 2 aliphatic heterocycles. The van der Waals surface area contributed by atoms with Gasteiger partial charge >= 0.3 is 0 Å². The van der Waals surface area contributed by atoms with Crippen LogP contribution in [-0.2, 0) is 28.0 Å². The number of aromatic nitrogens is 1. The summed E-state index contributed by atoms with van der Waals surface area (Å²) < 4.78 is 1.68. The van der Waals surface area contributed by atoms with E-state index < -0.39 is 5.60 Å². The third kappa shape index (κ3) is 5.68. The summed E-state index contributed by atoms with van der Waals surface area (Å²) in [6.07, 6.45) is 6.99. The minimum absolute atomic E-state index is 0.0923. The van der Waals surface area contributed by atoms with Crippen LogP contribution in [0.1, 0.15) is 54.5 Å². The number of aliphatic hydroxyl groups is 1. The third-order valence-corrected chi connectivity index (χ3v) is 9.74. The molecule has 2 aromatic rings. The number of halogens is 3. The molecule has 0 spiro atoms. The van der Waals surface area contributed by atoms with Crippen molar-refractivity contribution in [2.24, 2.45) is 17.6 Å². The lowest BCUT2D eigenvalue weighted by molar-refractivity contribution is -0.135. The molecule has 2 fully saturated rings. The summed E-state index contributed by atoms with van der Waals surface area (Å²) in [7, 11) is 0. The third-order valence-electron chi connectivity index (χ3n) is 8.46. The number of carbonyl (C=O) groups excluding carboxylic acids is 2. The molecule has 2 saturated heterocycles. The van der Waals surface area contributed by atoms with Gasteiger partial charge in [0.15, 0.2) is 0 Å². The van der Waals surface area contributed by atoms with Crippen LogP contribution in [0.4, 0.5) is 0 Å². The van der Waals surface area contributed by atoms with E-state index in [1.807, 2.05) is 17.0 Å². The van der Waals surface area contributed by atoms with Gasteiger partial charge in [-0.05, 0) is 103 Å². The fourth-order valence-corrected chi connectivity index (χ4v) is 8.10. The molecule has 10 heteroatoms. The Morgan fingerprint density at radius 2 is 1.74 bits per heavy atom. The maximum atomic E-state index is 13.2. The van der Waals surface area contributed by atoms with E-state index in [4.69, 9.17) is 22.3 Å². The molecule has 1 atom stereocenters. The van der Waals surface area contributed by atoms with Crippen molar-refractivity contribution in [1.29, 1.82) is 0 Å². The number of fused-ring (bicyclic) bond motifs is 2. The monoisotopic (exact) mass is 666 g/mol. The average Bonchev–Trinajstić information content (AvgIpc) is 2.99. The molecule has 38 heavy (non-hydrogen) atoms. The Labute approximate surface area is 245 Å². The number of nitrogens with two attached hydrogens (primary N) is 1. The van der Waals surface area contributed by atoms with E-state index >= 15 is 0 Å². The normalized spacial score (nSPS) is 23.0. The van der Waals surface area contributed by atoms with Crippen LogP contribution in [0.15, 0.2) is 33.3 Å². The molecule has 3 aliphatic rings. The summed E-state index contributed by atoms with van der Waals surface area (Å²) in [5.41, 5.74) is 7.65. The fourth-order valence-electron chi connectivity index (χ4n) is 6.54. The first-order chi connectivity index (χ1) is 18.1. The number of pyridine rings is 1. The van der Waals surface area contributed by atoms with E-state index in [1.54, 1.807) is 6.20 Å². The highest BCUT2D eigenvalue weighted by molar-refractivity contribution is 9.10. The quantitative estimate of drug-likeness (QED) is 0.492. The van der Waals surface area contributed by atoms with Gasteiger partial charge in [-0.3, -0.25) is 19.5 Å². The largest absolute Gasteiger partial charge is 0.378 e. The van der Waals surface area contributed by atoms with Crippen LogP contribution >= 0.6 is 43.5 Å². The zero-order chi connectivity index (χ0) is 27.0. The van der Waals surface area contributed by atoms with Crippen LogP contribution in [0, 0.1) is 11.8 Å². The SMILES string of the molecule is NC(=O)CN1CCC(CC(=O)N2CCC(C3(O)c4ncc(Br)cc4CCc4cc(Cl)cc(Br)c43)CC2)CC1. The number of likely N-dealkylation sites (tertiary alicyclic amines) is 2. The lowest BCUT2D eigenvalue weighted by Crippen LogP contribution is -2.47.